The van der Waals surface area contributed by atoms with Gasteiger partial charge in [-0.1, -0.05) is 12.1 Å². The minimum absolute atomic E-state index is 0.308. The minimum atomic E-state index is -0.899. The number of fused-ring (bicyclic) bond motifs is 1. The number of carbonyl (C=O) groups excluding carboxylic acids is 3. The highest BCUT2D eigenvalue weighted by Crippen LogP contribution is 2.24. The molecule has 0 bridgehead atoms. The highest BCUT2D eigenvalue weighted by Gasteiger charge is 2.40. The number of aryl methyl sites for hydroxylation is 1. The molecular weight excluding hydrogens is 396 g/mol. The second-order valence-corrected chi connectivity index (χ2v) is 7.80. The van der Waals surface area contributed by atoms with E-state index in [1.165, 1.54) is 12.8 Å². The van der Waals surface area contributed by atoms with Crippen LogP contribution in [0.25, 0.3) is 0 Å². The van der Waals surface area contributed by atoms with Crippen LogP contribution in [0.5, 0.6) is 0 Å². The van der Waals surface area contributed by atoms with Crippen LogP contribution in [0.15, 0.2) is 30.3 Å². The number of benzene rings is 1. The van der Waals surface area contributed by atoms with Gasteiger partial charge in [0.25, 0.3) is 11.8 Å². The van der Waals surface area contributed by atoms with Crippen molar-refractivity contribution in [3.63, 3.8) is 0 Å². The zero-order valence-electron chi connectivity index (χ0n) is 17.7. The third-order valence-electron chi connectivity index (χ3n) is 5.57. The molecule has 0 spiro atoms. The quantitative estimate of drug-likeness (QED) is 0.515. The van der Waals surface area contributed by atoms with E-state index in [1.54, 1.807) is 31.2 Å². The maximum absolute atomic E-state index is 12.5. The summed E-state index contributed by atoms with van der Waals surface area (Å²) in [6.45, 7) is 6.21. The molecule has 31 heavy (non-hydrogen) atoms. The first-order valence-corrected chi connectivity index (χ1v) is 10.5. The van der Waals surface area contributed by atoms with E-state index in [9.17, 15) is 14.4 Å². The normalized spacial score (nSPS) is 16.5. The lowest BCUT2D eigenvalue weighted by molar-refractivity contribution is -0.124. The van der Waals surface area contributed by atoms with Gasteiger partial charge in [-0.05, 0) is 38.8 Å². The lowest BCUT2D eigenvalue weighted by Gasteiger charge is -2.21. The minimum Gasteiger partial charge on any atom is -0.356 e. The molecule has 9 heteroatoms. The number of anilines is 2. The van der Waals surface area contributed by atoms with Crippen molar-refractivity contribution in [2.75, 3.05) is 36.4 Å². The molecule has 3 heterocycles. The molecule has 9 nitrogen and oxygen atoms in total. The summed E-state index contributed by atoms with van der Waals surface area (Å²) < 4.78 is 0. The summed E-state index contributed by atoms with van der Waals surface area (Å²) in [6, 6.07) is 7.68. The van der Waals surface area contributed by atoms with E-state index in [0.717, 1.165) is 29.5 Å². The van der Waals surface area contributed by atoms with Crippen molar-refractivity contribution < 1.29 is 14.4 Å². The first-order valence-electron chi connectivity index (χ1n) is 10.5. The van der Waals surface area contributed by atoms with E-state index in [0.29, 0.717) is 30.2 Å². The van der Waals surface area contributed by atoms with Gasteiger partial charge in [-0.3, -0.25) is 19.3 Å². The molecule has 1 atom stereocenters. The van der Waals surface area contributed by atoms with Crippen LogP contribution in [0.3, 0.4) is 0 Å². The fourth-order valence-electron chi connectivity index (χ4n) is 3.92. The molecule has 0 saturated carbocycles. The molecule has 1 saturated heterocycles. The van der Waals surface area contributed by atoms with Gasteiger partial charge in [0.05, 0.1) is 11.1 Å². The van der Waals surface area contributed by atoms with Crippen LogP contribution in [0, 0.1) is 6.92 Å². The Bertz CT molecular complexity index is 983. The summed E-state index contributed by atoms with van der Waals surface area (Å²) in [5.74, 6) is 0.160. The summed E-state index contributed by atoms with van der Waals surface area (Å²) in [4.78, 5) is 49.8. The molecule has 3 amide bonds. The Hall–Kier alpha value is -3.49. The fourth-order valence-corrected chi connectivity index (χ4v) is 3.92. The molecular formula is C22H26N6O3. The molecule has 1 aromatic carbocycles. The Morgan fingerprint density at radius 3 is 2.35 bits per heavy atom. The molecule has 162 valence electrons. The summed E-state index contributed by atoms with van der Waals surface area (Å²) in [5.41, 5.74) is 1.54. The van der Waals surface area contributed by atoms with Crippen molar-refractivity contribution in [3.05, 3.63) is 47.2 Å². The van der Waals surface area contributed by atoms with Crippen molar-refractivity contribution in [2.24, 2.45) is 0 Å². The van der Waals surface area contributed by atoms with Crippen LogP contribution in [0.1, 0.15) is 46.2 Å². The lowest BCUT2D eigenvalue weighted by Crippen LogP contribution is -2.48. The molecule has 4 rings (SSSR count). The number of amides is 3. The second-order valence-electron chi connectivity index (χ2n) is 7.80. The first kappa shape index (κ1) is 20.8. The summed E-state index contributed by atoms with van der Waals surface area (Å²) in [6.07, 6.45) is 2.34. The SMILES string of the molecule is Cc1cc(N2CCCC2)nc(NCCNC(=O)C(C)N2C(=O)c3ccccc3C2=O)n1. The van der Waals surface area contributed by atoms with Crippen molar-refractivity contribution in [3.8, 4) is 0 Å². The number of nitrogens with one attached hydrogen (secondary N) is 2. The van der Waals surface area contributed by atoms with Crippen LogP contribution >= 0.6 is 0 Å². The molecule has 1 unspecified atom stereocenters. The monoisotopic (exact) mass is 422 g/mol. The first-order chi connectivity index (χ1) is 15.0. The smallest absolute Gasteiger partial charge is 0.262 e. The maximum Gasteiger partial charge on any atom is 0.262 e. The summed E-state index contributed by atoms with van der Waals surface area (Å²) in [7, 11) is 0. The highest BCUT2D eigenvalue weighted by atomic mass is 16.2. The van der Waals surface area contributed by atoms with Crippen LogP contribution in [-0.2, 0) is 4.79 Å². The van der Waals surface area contributed by atoms with E-state index in [-0.39, 0.29) is 5.91 Å². The van der Waals surface area contributed by atoms with Crippen LogP contribution in [0.2, 0.25) is 0 Å². The maximum atomic E-state index is 12.5. The molecule has 2 N–H and O–H groups in total. The summed E-state index contributed by atoms with van der Waals surface area (Å²) >= 11 is 0. The van der Waals surface area contributed by atoms with Gasteiger partial charge in [-0.15, -0.1) is 0 Å². The van der Waals surface area contributed by atoms with E-state index in [2.05, 4.69) is 25.5 Å². The van der Waals surface area contributed by atoms with Crippen molar-refractivity contribution in [1.29, 1.82) is 0 Å². The Kier molecular flexibility index (Phi) is 5.83. The largest absolute Gasteiger partial charge is 0.356 e. The predicted octanol–water partition coefficient (Wildman–Crippen LogP) is 1.60. The molecule has 0 radical (unpaired) electrons. The topological polar surface area (TPSA) is 108 Å². The fraction of sp³-hybridized carbons (Fsp3) is 0.409. The van der Waals surface area contributed by atoms with E-state index in [4.69, 9.17) is 0 Å². The third kappa shape index (κ3) is 4.21. The second kappa shape index (κ2) is 8.71. The Labute approximate surface area is 180 Å². The standard InChI is InChI=1S/C22H26N6O3/c1-14-13-18(27-11-5-6-12-27)26-22(25-14)24-10-9-23-19(29)15(2)28-20(30)16-7-3-4-8-17(16)21(28)31/h3-4,7-8,13,15H,5-6,9-12H2,1-2H3,(H,23,29)(H,24,25,26). The molecule has 2 aliphatic rings. The highest BCUT2D eigenvalue weighted by molar-refractivity contribution is 6.22. The third-order valence-corrected chi connectivity index (χ3v) is 5.57. The Balaban J connectivity index is 1.30. The van der Waals surface area contributed by atoms with E-state index in [1.807, 2.05) is 13.0 Å². The predicted molar refractivity (Wildman–Crippen MR) is 116 cm³/mol. The Morgan fingerprint density at radius 1 is 1.06 bits per heavy atom. The van der Waals surface area contributed by atoms with Crippen molar-refractivity contribution >= 4 is 29.5 Å². The van der Waals surface area contributed by atoms with Crippen molar-refractivity contribution in [2.45, 2.75) is 32.7 Å². The average Bonchev–Trinajstić information content (AvgIpc) is 3.38. The molecule has 1 fully saturated rings. The van der Waals surface area contributed by atoms with Crippen LogP contribution in [-0.4, -0.2) is 64.8 Å². The van der Waals surface area contributed by atoms with Gasteiger partial charge in [-0.2, -0.15) is 4.98 Å². The number of aromatic nitrogens is 2. The Morgan fingerprint density at radius 2 is 1.71 bits per heavy atom. The van der Waals surface area contributed by atoms with Gasteiger partial charge in [0.15, 0.2) is 0 Å². The average molecular weight is 422 g/mol. The van der Waals surface area contributed by atoms with Gasteiger partial charge in [-0.25, -0.2) is 4.98 Å². The number of rotatable bonds is 7. The number of hydrogen-bond acceptors (Lipinski definition) is 7. The van der Waals surface area contributed by atoms with Gasteiger partial charge < -0.3 is 15.5 Å². The zero-order valence-corrected chi connectivity index (χ0v) is 17.7. The number of imide groups is 1. The zero-order chi connectivity index (χ0) is 22.0. The van der Waals surface area contributed by atoms with Gasteiger partial charge in [0.2, 0.25) is 11.9 Å². The van der Waals surface area contributed by atoms with E-state index >= 15 is 0 Å². The number of hydrogen-bond donors (Lipinski definition) is 2. The van der Waals surface area contributed by atoms with Crippen LogP contribution in [0.4, 0.5) is 11.8 Å². The molecule has 1 aromatic heterocycles. The molecule has 0 aliphatic carbocycles. The summed E-state index contributed by atoms with van der Waals surface area (Å²) in [5, 5.41) is 5.90. The number of nitrogens with zero attached hydrogens (tertiary/aromatic N) is 4. The molecule has 2 aliphatic heterocycles. The van der Waals surface area contributed by atoms with Crippen molar-refractivity contribution in [1.82, 2.24) is 20.2 Å². The lowest BCUT2D eigenvalue weighted by atomic mass is 10.1. The van der Waals surface area contributed by atoms with Crippen LogP contribution < -0.4 is 15.5 Å². The molecule has 2 aromatic rings. The van der Waals surface area contributed by atoms with E-state index < -0.39 is 17.9 Å². The van der Waals surface area contributed by atoms with Gasteiger partial charge >= 0.3 is 0 Å². The van der Waals surface area contributed by atoms with Gasteiger partial charge in [0, 0.05) is 37.9 Å². The number of carbonyl (C=O) groups is 3. The van der Waals surface area contributed by atoms with Gasteiger partial charge in [0.1, 0.15) is 11.9 Å².